The number of hydrogen-bond donors (Lipinski definition) is 2. The van der Waals surface area contributed by atoms with Crippen LogP contribution in [-0.4, -0.2) is 56.4 Å². The van der Waals surface area contributed by atoms with E-state index in [9.17, 15) is 19.8 Å². The number of carboxylic acid groups (broad SMARTS) is 2. The molecule has 2 aliphatic rings. The summed E-state index contributed by atoms with van der Waals surface area (Å²) < 4.78 is 12.4. The highest BCUT2D eigenvalue weighted by Crippen LogP contribution is 2.57. The summed E-state index contributed by atoms with van der Waals surface area (Å²) in [5.41, 5.74) is 3.47. The number of aromatic nitrogens is 3. The van der Waals surface area contributed by atoms with Crippen molar-refractivity contribution in [1.29, 1.82) is 0 Å². The Morgan fingerprint density at radius 1 is 0.841 bits per heavy atom. The topological polar surface area (TPSA) is 132 Å². The Bertz CT molecular complexity index is 1970. The second-order valence-corrected chi connectivity index (χ2v) is 13.3. The van der Waals surface area contributed by atoms with E-state index in [0.29, 0.717) is 24.6 Å². The lowest BCUT2D eigenvalue weighted by atomic mass is 10.1. The van der Waals surface area contributed by atoms with Crippen molar-refractivity contribution in [2.45, 2.75) is 18.3 Å². The molecule has 1 saturated heterocycles. The van der Waals surface area contributed by atoms with E-state index in [1.807, 2.05) is 12.1 Å². The molecule has 1 fully saturated rings. The molecule has 0 amide bonds. The summed E-state index contributed by atoms with van der Waals surface area (Å²) in [6.07, 6.45) is 2.90. The van der Waals surface area contributed by atoms with Gasteiger partial charge in [0.15, 0.2) is 0 Å². The minimum Gasteiger partial charge on any atom is -0.491 e. The third-order valence-corrected chi connectivity index (χ3v) is 11.2. The van der Waals surface area contributed by atoms with Gasteiger partial charge in [0, 0.05) is 27.0 Å². The zero-order chi connectivity index (χ0) is 30.4. The molecule has 44 heavy (non-hydrogen) atoms. The maximum absolute atomic E-state index is 12.0. The van der Waals surface area contributed by atoms with E-state index in [4.69, 9.17) is 9.47 Å². The molecular formula is C32H23N3O6S3. The van der Waals surface area contributed by atoms with Crippen LogP contribution in [0.1, 0.15) is 41.3 Å². The van der Waals surface area contributed by atoms with E-state index >= 15 is 0 Å². The standard InChI is InChI=1S/C32H23N3O6S3/c1-16-6-11-42-28(16)30-27-26(40-9-10-41-27)29(44-30)25-3-2-24(43-25)17-4-7-33-20(12-17)22-14-19(32(38)39)15-23(35-22)21-13-18(31(36)37)5-8-34-21/h2-8,11-15,27,30H,9-10H2,1H3,(H,36,37)(H,38,39). The average Bonchev–Trinajstić information content (AvgIpc) is 3.79. The number of rotatable bonds is 7. The van der Waals surface area contributed by atoms with Crippen molar-refractivity contribution in [2.75, 3.05) is 13.2 Å². The van der Waals surface area contributed by atoms with Gasteiger partial charge < -0.3 is 19.7 Å². The van der Waals surface area contributed by atoms with E-state index in [2.05, 4.69) is 45.5 Å². The molecule has 2 N–H and O–H groups in total. The van der Waals surface area contributed by atoms with Gasteiger partial charge in [-0.2, -0.15) is 0 Å². The molecule has 0 aliphatic carbocycles. The van der Waals surface area contributed by atoms with Crippen molar-refractivity contribution in [2.24, 2.45) is 0 Å². The van der Waals surface area contributed by atoms with Crippen molar-refractivity contribution in [3.05, 3.63) is 105 Å². The van der Waals surface area contributed by atoms with Crippen LogP contribution in [0.3, 0.4) is 0 Å². The van der Waals surface area contributed by atoms with E-state index in [1.165, 1.54) is 40.9 Å². The SMILES string of the molecule is Cc1ccsc1C1SC(c2ccc(-c3ccnc(-c4cc(C(=O)O)cc(-c5cc(C(=O)O)ccn5)n4)c3)s2)=C2OCCOC21. The van der Waals surface area contributed by atoms with Crippen LogP contribution in [0.25, 0.3) is 38.1 Å². The fraction of sp³-hybridized carbons (Fsp3) is 0.156. The molecule has 0 saturated carbocycles. The Balaban J connectivity index is 1.23. The summed E-state index contributed by atoms with van der Waals surface area (Å²) in [7, 11) is 0. The predicted octanol–water partition coefficient (Wildman–Crippen LogP) is 7.27. The second-order valence-electron chi connectivity index (χ2n) is 10.1. The van der Waals surface area contributed by atoms with Crippen molar-refractivity contribution < 1.29 is 29.3 Å². The van der Waals surface area contributed by atoms with Gasteiger partial charge in [-0.1, -0.05) is 0 Å². The number of fused-ring (bicyclic) bond motifs is 1. The minimum atomic E-state index is -1.14. The fourth-order valence-corrected chi connectivity index (χ4v) is 8.96. The van der Waals surface area contributed by atoms with Crippen molar-refractivity contribution in [3.63, 3.8) is 0 Å². The Hall–Kier alpha value is -4.36. The highest BCUT2D eigenvalue weighted by Gasteiger charge is 2.43. The highest BCUT2D eigenvalue weighted by molar-refractivity contribution is 8.09. The zero-order valence-electron chi connectivity index (χ0n) is 23.1. The van der Waals surface area contributed by atoms with Gasteiger partial charge in [-0.25, -0.2) is 14.6 Å². The summed E-state index contributed by atoms with van der Waals surface area (Å²) in [5.74, 6) is -1.36. The highest BCUT2D eigenvalue weighted by atomic mass is 32.2. The third-order valence-electron chi connectivity index (χ3n) is 7.28. The van der Waals surface area contributed by atoms with Gasteiger partial charge in [-0.05, 0) is 78.0 Å². The quantitative estimate of drug-likeness (QED) is 0.187. The van der Waals surface area contributed by atoms with E-state index < -0.39 is 11.9 Å². The molecule has 12 heteroatoms. The number of aryl methyl sites for hydroxylation is 1. The lowest BCUT2D eigenvalue weighted by Crippen LogP contribution is -2.28. The Labute approximate surface area is 263 Å². The van der Waals surface area contributed by atoms with Gasteiger partial charge in [-0.15, -0.1) is 34.4 Å². The number of nitrogens with zero attached hydrogens (tertiary/aromatic N) is 3. The van der Waals surface area contributed by atoms with Crippen LogP contribution >= 0.6 is 34.4 Å². The number of carboxylic acids is 2. The van der Waals surface area contributed by atoms with Gasteiger partial charge in [0.1, 0.15) is 18.5 Å². The first-order valence-corrected chi connectivity index (χ1v) is 16.1. The minimum absolute atomic E-state index is 0.00962. The normalized spacial score (nSPS) is 17.8. The Morgan fingerprint density at radius 3 is 2.27 bits per heavy atom. The van der Waals surface area contributed by atoms with Crippen LogP contribution < -0.4 is 0 Å². The monoisotopic (exact) mass is 641 g/mol. The van der Waals surface area contributed by atoms with Crippen molar-refractivity contribution in [1.82, 2.24) is 15.0 Å². The van der Waals surface area contributed by atoms with Gasteiger partial charge in [0.25, 0.3) is 0 Å². The first-order chi connectivity index (χ1) is 21.4. The average molecular weight is 642 g/mol. The third kappa shape index (κ3) is 5.30. The molecular weight excluding hydrogens is 619 g/mol. The van der Waals surface area contributed by atoms with Gasteiger partial charge in [0.2, 0.25) is 0 Å². The molecule has 7 heterocycles. The molecule has 2 atom stereocenters. The molecule has 220 valence electrons. The first-order valence-electron chi connectivity index (χ1n) is 13.6. The van der Waals surface area contributed by atoms with Crippen molar-refractivity contribution in [3.8, 4) is 33.2 Å². The molecule has 9 nitrogen and oxygen atoms in total. The van der Waals surface area contributed by atoms with E-state index in [0.717, 1.165) is 26.0 Å². The summed E-state index contributed by atoms with van der Waals surface area (Å²) >= 11 is 5.17. The maximum Gasteiger partial charge on any atom is 0.335 e. The van der Waals surface area contributed by atoms with Gasteiger partial charge in [0.05, 0.1) is 50.7 Å². The molecule has 5 aromatic rings. The summed E-state index contributed by atoms with van der Waals surface area (Å²) in [6.45, 7) is 3.22. The van der Waals surface area contributed by atoms with Crippen LogP contribution in [0.5, 0.6) is 0 Å². The zero-order valence-corrected chi connectivity index (χ0v) is 25.5. The van der Waals surface area contributed by atoms with E-state index in [1.54, 1.807) is 40.6 Å². The summed E-state index contributed by atoms with van der Waals surface area (Å²) in [6, 6.07) is 15.6. The molecule has 2 aliphatic heterocycles. The van der Waals surface area contributed by atoms with E-state index in [-0.39, 0.29) is 33.9 Å². The van der Waals surface area contributed by atoms with Crippen molar-refractivity contribution >= 4 is 51.3 Å². The maximum atomic E-state index is 12.0. The molecule has 0 aromatic carbocycles. The molecule has 5 aromatic heterocycles. The van der Waals surface area contributed by atoms with Crippen LogP contribution in [-0.2, 0) is 9.47 Å². The van der Waals surface area contributed by atoms with Crippen LogP contribution in [0.15, 0.2) is 78.1 Å². The van der Waals surface area contributed by atoms with Crippen LogP contribution in [0.4, 0.5) is 0 Å². The van der Waals surface area contributed by atoms with Gasteiger partial charge in [-0.3, -0.25) is 9.97 Å². The van der Waals surface area contributed by atoms with Crippen LogP contribution in [0, 0.1) is 6.92 Å². The first kappa shape index (κ1) is 28.4. The number of thiophene rings is 2. The fourth-order valence-electron chi connectivity index (χ4n) is 5.16. The largest absolute Gasteiger partial charge is 0.491 e. The molecule has 0 spiro atoms. The number of pyridine rings is 3. The smallest absolute Gasteiger partial charge is 0.335 e. The molecule has 0 radical (unpaired) electrons. The number of thioether (sulfide) groups is 1. The lowest BCUT2D eigenvalue weighted by Gasteiger charge is -2.26. The molecule has 7 rings (SSSR count). The molecule has 0 bridgehead atoms. The number of aromatic carboxylic acids is 2. The molecule has 2 unspecified atom stereocenters. The summed E-state index contributed by atoms with van der Waals surface area (Å²) in [5, 5.41) is 21.5. The lowest BCUT2D eigenvalue weighted by molar-refractivity contribution is -0.0389. The Kier molecular flexibility index (Phi) is 7.50. The predicted molar refractivity (Wildman–Crippen MR) is 170 cm³/mol. The van der Waals surface area contributed by atoms with Crippen LogP contribution in [0.2, 0.25) is 0 Å². The summed E-state index contributed by atoms with van der Waals surface area (Å²) in [4.78, 5) is 41.3. The van der Waals surface area contributed by atoms with Gasteiger partial charge >= 0.3 is 11.9 Å². The number of carbonyl (C=O) groups is 2. The Morgan fingerprint density at radius 2 is 1.55 bits per heavy atom. The number of ether oxygens (including phenoxy) is 2. The second kappa shape index (κ2) is 11.6. The number of hydrogen-bond acceptors (Lipinski definition) is 10.